The molecule has 2 heterocycles. The molecule has 0 fully saturated rings. The standard InChI is InChI=1S/C22H29N3O2S/c1-15(2)12-19-18-14-25(13-17-9-6-5-8-16(17)3)22(28-11-7-10-26)20(18)21(27)24(4)23-19/h5-6,8-9,14-15,26H,7,10-13H2,1-4H3. The highest BCUT2D eigenvalue weighted by atomic mass is 32.2. The minimum atomic E-state index is -0.0578. The van der Waals surface area contributed by atoms with Gasteiger partial charge in [0.25, 0.3) is 5.56 Å². The van der Waals surface area contributed by atoms with Crippen molar-refractivity contribution in [1.29, 1.82) is 0 Å². The summed E-state index contributed by atoms with van der Waals surface area (Å²) in [6.45, 7) is 7.32. The third-order valence-corrected chi connectivity index (χ3v) is 6.07. The highest BCUT2D eigenvalue weighted by Crippen LogP contribution is 2.31. The average molecular weight is 400 g/mol. The maximum Gasteiger partial charge on any atom is 0.277 e. The summed E-state index contributed by atoms with van der Waals surface area (Å²) in [7, 11) is 1.73. The van der Waals surface area contributed by atoms with Gasteiger partial charge in [0.15, 0.2) is 0 Å². The molecule has 1 N–H and O–H groups in total. The summed E-state index contributed by atoms with van der Waals surface area (Å²) >= 11 is 1.65. The quantitative estimate of drug-likeness (QED) is 0.463. The normalized spacial score (nSPS) is 11.6. The van der Waals surface area contributed by atoms with Gasteiger partial charge >= 0.3 is 0 Å². The van der Waals surface area contributed by atoms with Crippen molar-refractivity contribution in [2.45, 2.75) is 45.2 Å². The third kappa shape index (κ3) is 4.33. The van der Waals surface area contributed by atoms with E-state index in [4.69, 9.17) is 0 Å². The van der Waals surface area contributed by atoms with Crippen LogP contribution in [-0.4, -0.2) is 31.8 Å². The van der Waals surface area contributed by atoms with Crippen LogP contribution in [0.1, 0.15) is 37.1 Å². The Hall–Kier alpha value is -2.05. The zero-order chi connectivity index (χ0) is 20.3. The van der Waals surface area contributed by atoms with Crippen LogP contribution in [0.4, 0.5) is 0 Å². The molecule has 0 unspecified atom stereocenters. The molecule has 150 valence electrons. The van der Waals surface area contributed by atoms with Crippen LogP contribution >= 0.6 is 11.8 Å². The van der Waals surface area contributed by atoms with Gasteiger partial charge in [-0.1, -0.05) is 38.1 Å². The van der Waals surface area contributed by atoms with Crippen LogP contribution in [0.2, 0.25) is 0 Å². The van der Waals surface area contributed by atoms with Gasteiger partial charge in [0, 0.05) is 37.5 Å². The lowest BCUT2D eigenvalue weighted by atomic mass is 10.1. The first-order valence-electron chi connectivity index (χ1n) is 9.79. The number of benzene rings is 1. The highest BCUT2D eigenvalue weighted by molar-refractivity contribution is 7.99. The number of aliphatic hydroxyl groups excluding tert-OH is 1. The predicted octanol–water partition coefficient (Wildman–Crippen LogP) is 3.76. The molecule has 0 aliphatic heterocycles. The first-order chi connectivity index (χ1) is 13.4. The number of hydrogen-bond acceptors (Lipinski definition) is 4. The molecule has 5 nitrogen and oxygen atoms in total. The minimum Gasteiger partial charge on any atom is -0.396 e. The van der Waals surface area contributed by atoms with Crippen LogP contribution < -0.4 is 5.56 Å². The van der Waals surface area contributed by atoms with Gasteiger partial charge in [-0.3, -0.25) is 4.79 Å². The average Bonchev–Trinajstić information content (AvgIpc) is 3.00. The molecule has 3 aromatic rings. The Balaban J connectivity index is 2.18. The summed E-state index contributed by atoms with van der Waals surface area (Å²) < 4.78 is 3.65. The number of aliphatic hydroxyl groups is 1. The molecular weight excluding hydrogens is 370 g/mol. The van der Waals surface area contributed by atoms with Crippen molar-refractivity contribution in [3.63, 3.8) is 0 Å². The zero-order valence-corrected chi connectivity index (χ0v) is 17.9. The Morgan fingerprint density at radius 3 is 2.68 bits per heavy atom. The van der Waals surface area contributed by atoms with Crippen LogP contribution in [0.25, 0.3) is 10.8 Å². The second-order valence-corrected chi connectivity index (χ2v) is 8.76. The maximum atomic E-state index is 13.0. The van der Waals surface area contributed by atoms with Gasteiger partial charge in [0.1, 0.15) is 0 Å². The Morgan fingerprint density at radius 2 is 2.00 bits per heavy atom. The lowest BCUT2D eigenvalue weighted by Gasteiger charge is -2.11. The first kappa shape index (κ1) is 20.7. The van der Waals surface area contributed by atoms with Crippen molar-refractivity contribution in [1.82, 2.24) is 14.3 Å². The van der Waals surface area contributed by atoms with E-state index in [2.05, 4.69) is 54.8 Å². The first-order valence-corrected chi connectivity index (χ1v) is 10.8. The van der Waals surface area contributed by atoms with Gasteiger partial charge in [0.2, 0.25) is 0 Å². The molecule has 2 aromatic heterocycles. The lowest BCUT2D eigenvalue weighted by molar-refractivity contribution is 0.296. The number of thioether (sulfide) groups is 1. The number of nitrogens with zero attached hydrogens (tertiary/aromatic N) is 3. The summed E-state index contributed by atoms with van der Waals surface area (Å²) in [5.41, 5.74) is 3.39. The van der Waals surface area contributed by atoms with E-state index in [1.54, 1.807) is 18.8 Å². The lowest BCUT2D eigenvalue weighted by Crippen LogP contribution is -2.22. The molecule has 0 saturated carbocycles. The van der Waals surface area contributed by atoms with E-state index in [1.807, 2.05) is 6.07 Å². The molecule has 0 bridgehead atoms. The van der Waals surface area contributed by atoms with Gasteiger partial charge in [-0.05, 0) is 36.8 Å². The summed E-state index contributed by atoms with van der Waals surface area (Å²) in [5.74, 6) is 1.23. The minimum absolute atomic E-state index is 0.0578. The molecule has 0 atom stereocenters. The Bertz CT molecular complexity index is 1020. The van der Waals surface area contributed by atoms with E-state index >= 15 is 0 Å². The SMILES string of the molecule is Cc1ccccc1Cn1cc2c(CC(C)C)nn(C)c(=O)c2c1SCCCO. The molecule has 3 rings (SSSR count). The molecule has 0 radical (unpaired) electrons. The highest BCUT2D eigenvalue weighted by Gasteiger charge is 2.19. The Kier molecular flexibility index (Phi) is 6.62. The molecule has 0 aliphatic rings. The molecule has 6 heteroatoms. The van der Waals surface area contributed by atoms with Gasteiger partial charge < -0.3 is 9.67 Å². The summed E-state index contributed by atoms with van der Waals surface area (Å²) in [6, 6.07) is 8.34. The molecule has 0 spiro atoms. The summed E-state index contributed by atoms with van der Waals surface area (Å²) in [4.78, 5) is 13.0. The van der Waals surface area contributed by atoms with Gasteiger partial charge in [0.05, 0.1) is 16.1 Å². The predicted molar refractivity (Wildman–Crippen MR) is 116 cm³/mol. The third-order valence-electron chi connectivity index (χ3n) is 4.86. The smallest absolute Gasteiger partial charge is 0.277 e. The maximum absolute atomic E-state index is 13.0. The van der Waals surface area contributed by atoms with Gasteiger partial charge in [-0.2, -0.15) is 5.10 Å². The van der Waals surface area contributed by atoms with E-state index < -0.39 is 0 Å². The van der Waals surface area contributed by atoms with Crippen LogP contribution in [0.15, 0.2) is 40.3 Å². The van der Waals surface area contributed by atoms with Gasteiger partial charge in [-0.25, -0.2) is 4.68 Å². The van der Waals surface area contributed by atoms with Crippen molar-refractivity contribution < 1.29 is 5.11 Å². The zero-order valence-electron chi connectivity index (χ0n) is 17.1. The summed E-state index contributed by atoms with van der Waals surface area (Å²) in [5, 5.41) is 16.4. The Morgan fingerprint density at radius 1 is 1.25 bits per heavy atom. The van der Waals surface area contributed by atoms with Crippen molar-refractivity contribution >= 4 is 22.5 Å². The summed E-state index contributed by atoms with van der Waals surface area (Å²) in [6.07, 6.45) is 3.63. The van der Waals surface area contributed by atoms with Crippen molar-refractivity contribution in [3.8, 4) is 0 Å². The largest absolute Gasteiger partial charge is 0.396 e. The van der Waals surface area contributed by atoms with E-state index in [-0.39, 0.29) is 12.2 Å². The number of hydrogen-bond donors (Lipinski definition) is 1. The topological polar surface area (TPSA) is 60.0 Å². The number of fused-ring (bicyclic) bond motifs is 1. The second kappa shape index (κ2) is 8.97. The van der Waals surface area contributed by atoms with E-state index in [0.29, 0.717) is 18.9 Å². The van der Waals surface area contributed by atoms with Crippen LogP contribution in [0.5, 0.6) is 0 Å². The molecule has 28 heavy (non-hydrogen) atoms. The van der Waals surface area contributed by atoms with Crippen LogP contribution in [0.3, 0.4) is 0 Å². The molecule has 0 amide bonds. The van der Waals surface area contributed by atoms with Crippen molar-refractivity contribution in [3.05, 3.63) is 57.6 Å². The molecule has 0 aliphatic carbocycles. The molecular formula is C22H29N3O2S. The van der Waals surface area contributed by atoms with E-state index in [9.17, 15) is 9.90 Å². The van der Waals surface area contributed by atoms with E-state index in [0.717, 1.165) is 33.7 Å². The monoisotopic (exact) mass is 399 g/mol. The van der Waals surface area contributed by atoms with Crippen LogP contribution in [-0.2, 0) is 20.0 Å². The van der Waals surface area contributed by atoms with E-state index in [1.165, 1.54) is 15.8 Å². The van der Waals surface area contributed by atoms with Gasteiger partial charge in [-0.15, -0.1) is 11.8 Å². The molecule has 0 saturated heterocycles. The molecule has 1 aromatic carbocycles. The van der Waals surface area contributed by atoms with Crippen molar-refractivity contribution in [2.24, 2.45) is 13.0 Å². The van der Waals surface area contributed by atoms with Crippen LogP contribution in [0, 0.1) is 12.8 Å². The number of aryl methyl sites for hydroxylation is 2. The fourth-order valence-electron chi connectivity index (χ4n) is 3.42. The van der Waals surface area contributed by atoms with Crippen molar-refractivity contribution in [2.75, 3.05) is 12.4 Å². The Labute approximate surface area is 170 Å². The fraction of sp³-hybridized carbons (Fsp3) is 0.455. The second-order valence-electron chi connectivity index (χ2n) is 7.68. The number of rotatable bonds is 8. The fourth-order valence-corrected chi connectivity index (χ4v) is 4.51. The number of aromatic nitrogens is 3.